The number of alkyl halides is 3. The molecule has 0 aliphatic heterocycles. The van der Waals surface area contributed by atoms with Gasteiger partial charge in [-0.2, -0.15) is 18.3 Å². The molecule has 0 fully saturated rings. The van der Waals surface area contributed by atoms with Crippen LogP contribution >= 0.6 is 0 Å². The number of hydrogen-bond donors (Lipinski definition) is 1. The summed E-state index contributed by atoms with van der Waals surface area (Å²) in [4.78, 5) is 0. The summed E-state index contributed by atoms with van der Waals surface area (Å²) < 4.78 is 45.9. The van der Waals surface area contributed by atoms with Crippen molar-refractivity contribution in [2.45, 2.75) is 32.7 Å². The van der Waals surface area contributed by atoms with Gasteiger partial charge in [0.1, 0.15) is 5.75 Å². The Bertz CT molecular complexity index is 621. The molecule has 1 aromatic carbocycles. The molecule has 0 radical (unpaired) electrons. The van der Waals surface area contributed by atoms with Gasteiger partial charge in [-0.3, -0.25) is 4.68 Å². The first kappa shape index (κ1) is 15.4. The van der Waals surface area contributed by atoms with Crippen molar-refractivity contribution in [2.75, 3.05) is 0 Å². The third-order valence-corrected chi connectivity index (χ3v) is 2.87. The van der Waals surface area contributed by atoms with Crippen LogP contribution in [0.2, 0.25) is 0 Å². The van der Waals surface area contributed by atoms with Crippen LogP contribution in [-0.2, 0) is 12.8 Å². The van der Waals surface area contributed by atoms with Gasteiger partial charge in [0.15, 0.2) is 5.75 Å². The van der Waals surface area contributed by atoms with Crippen molar-refractivity contribution in [2.24, 2.45) is 0 Å². The quantitative estimate of drug-likeness (QED) is 0.935. The number of halogens is 3. The van der Waals surface area contributed by atoms with E-state index >= 15 is 0 Å². The zero-order valence-electron chi connectivity index (χ0n) is 11.6. The van der Waals surface area contributed by atoms with E-state index in [0.29, 0.717) is 0 Å². The van der Waals surface area contributed by atoms with Crippen molar-refractivity contribution >= 4 is 0 Å². The fraction of sp³-hybridized carbons (Fsp3) is 0.357. The molecular weight excluding hydrogens is 285 g/mol. The highest BCUT2D eigenvalue weighted by Gasteiger charge is 2.35. The molecule has 0 atom stereocenters. The first-order valence-electron chi connectivity index (χ1n) is 6.34. The SMILES string of the molecule is CC(C)n1cc(Oc2ccc(CO)cc2C(F)(F)F)cn1. The third kappa shape index (κ3) is 3.55. The van der Waals surface area contributed by atoms with E-state index in [2.05, 4.69) is 5.10 Å². The molecule has 1 N–H and O–H groups in total. The summed E-state index contributed by atoms with van der Waals surface area (Å²) in [5.41, 5.74) is -0.751. The molecule has 0 aliphatic rings. The van der Waals surface area contributed by atoms with Crippen LogP contribution in [0.15, 0.2) is 30.6 Å². The molecule has 2 aromatic rings. The van der Waals surface area contributed by atoms with Gasteiger partial charge in [0, 0.05) is 6.04 Å². The van der Waals surface area contributed by atoms with Crippen molar-refractivity contribution < 1.29 is 23.0 Å². The average molecular weight is 300 g/mol. The molecule has 0 saturated heterocycles. The molecule has 0 aliphatic carbocycles. The molecule has 1 aromatic heterocycles. The summed E-state index contributed by atoms with van der Waals surface area (Å²) in [5.74, 6) is -0.0889. The summed E-state index contributed by atoms with van der Waals surface area (Å²) in [7, 11) is 0. The Labute approximate surface area is 119 Å². The van der Waals surface area contributed by atoms with Gasteiger partial charge in [-0.1, -0.05) is 6.07 Å². The Hall–Kier alpha value is -2.02. The summed E-state index contributed by atoms with van der Waals surface area (Å²) in [5, 5.41) is 13.0. The van der Waals surface area contributed by atoms with Crippen LogP contribution in [0, 0.1) is 0 Å². The number of benzene rings is 1. The van der Waals surface area contributed by atoms with E-state index in [1.165, 1.54) is 24.5 Å². The second kappa shape index (κ2) is 5.77. The fourth-order valence-electron chi connectivity index (χ4n) is 1.77. The van der Waals surface area contributed by atoms with E-state index in [1.807, 2.05) is 13.8 Å². The third-order valence-electron chi connectivity index (χ3n) is 2.87. The van der Waals surface area contributed by atoms with Crippen molar-refractivity contribution in [3.63, 3.8) is 0 Å². The summed E-state index contributed by atoms with van der Waals surface area (Å²) in [6.45, 7) is 3.33. The van der Waals surface area contributed by atoms with Gasteiger partial charge in [0.25, 0.3) is 0 Å². The van der Waals surface area contributed by atoms with E-state index < -0.39 is 18.3 Å². The Balaban J connectivity index is 2.34. The van der Waals surface area contributed by atoms with Crippen LogP contribution in [-0.4, -0.2) is 14.9 Å². The zero-order valence-corrected chi connectivity index (χ0v) is 11.6. The number of hydrogen-bond acceptors (Lipinski definition) is 3. The number of aromatic nitrogens is 2. The first-order chi connectivity index (χ1) is 9.81. The summed E-state index contributed by atoms with van der Waals surface area (Å²) >= 11 is 0. The molecule has 0 unspecified atom stereocenters. The van der Waals surface area contributed by atoms with Crippen molar-refractivity contribution in [1.29, 1.82) is 0 Å². The van der Waals surface area contributed by atoms with Gasteiger partial charge in [-0.15, -0.1) is 0 Å². The van der Waals surface area contributed by atoms with E-state index in [-0.39, 0.29) is 23.1 Å². The fourth-order valence-corrected chi connectivity index (χ4v) is 1.77. The molecule has 0 saturated carbocycles. The standard InChI is InChI=1S/C14H15F3N2O2/c1-9(2)19-7-11(6-18-19)21-13-4-3-10(8-20)5-12(13)14(15,16)17/h3-7,9,20H,8H2,1-2H3. The molecular formula is C14H15F3N2O2. The molecule has 114 valence electrons. The highest BCUT2D eigenvalue weighted by molar-refractivity contribution is 5.41. The zero-order chi connectivity index (χ0) is 15.6. The average Bonchev–Trinajstić information content (AvgIpc) is 2.86. The predicted octanol–water partition coefficient (Wildman–Crippen LogP) is 3.77. The first-order valence-corrected chi connectivity index (χ1v) is 6.34. The highest BCUT2D eigenvalue weighted by Crippen LogP contribution is 2.38. The van der Waals surface area contributed by atoms with Gasteiger partial charge in [0.2, 0.25) is 0 Å². The molecule has 4 nitrogen and oxygen atoms in total. The van der Waals surface area contributed by atoms with Crippen LogP contribution in [0.4, 0.5) is 13.2 Å². The van der Waals surface area contributed by atoms with Gasteiger partial charge in [-0.05, 0) is 31.5 Å². The lowest BCUT2D eigenvalue weighted by Gasteiger charge is -2.14. The molecule has 21 heavy (non-hydrogen) atoms. The maximum atomic E-state index is 13.0. The van der Waals surface area contributed by atoms with Crippen LogP contribution in [0.3, 0.4) is 0 Å². The number of rotatable bonds is 4. The van der Waals surface area contributed by atoms with Gasteiger partial charge in [-0.25, -0.2) is 0 Å². The monoisotopic (exact) mass is 300 g/mol. The predicted molar refractivity (Wildman–Crippen MR) is 70.1 cm³/mol. The number of aliphatic hydroxyl groups excluding tert-OH is 1. The Kier molecular flexibility index (Phi) is 4.22. The topological polar surface area (TPSA) is 47.3 Å². The smallest absolute Gasteiger partial charge is 0.419 e. The largest absolute Gasteiger partial charge is 0.453 e. The maximum absolute atomic E-state index is 13.0. The summed E-state index contributed by atoms with van der Waals surface area (Å²) in [6, 6.07) is 3.54. The lowest BCUT2D eigenvalue weighted by atomic mass is 10.1. The molecule has 0 amide bonds. The second-order valence-corrected chi connectivity index (χ2v) is 4.84. The van der Waals surface area contributed by atoms with E-state index in [1.54, 1.807) is 4.68 Å². The van der Waals surface area contributed by atoms with Crippen molar-refractivity contribution in [3.8, 4) is 11.5 Å². The molecule has 7 heteroatoms. The van der Waals surface area contributed by atoms with Crippen LogP contribution < -0.4 is 4.74 Å². The number of nitrogens with zero attached hydrogens (tertiary/aromatic N) is 2. The molecule has 1 heterocycles. The van der Waals surface area contributed by atoms with Gasteiger partial charge >= 0.3 is 6.18 Å². The van der Waals surface area contributed by atoms with E-state index in [4.69, 9.17) is 9.84 Å². The second-order valence-electron chi connectivity index (χ2n) is 4.84. The maximum Gasteiger partial charge on any atom is 0.419 e. The van der Waals surface area contributed by atoms with Crippen LogP contribution in [0.1, 0.15) is 31.0 Å². The number of ether oxygens (including phenoxy) is 1. The highest BCUT2D eigenvalue weighted by atomic mass is 19.4. The summed E-state index contributed by atoms with van der Waals surface area (Å²) in [6.07, 6.45) is -1.67. The molecule has 0 bridgehead atoms. The van der Waals surface area contributed by atoms with Crippen molar-refractivity contribution in [1.82, 2.24) is 9.78 Å². The minimum absolute atomic E-state index is 0.0844. The van der Waals surface area contributed by atoms with Crippen molar-refractivity contribution in [3.05, 3.63) is 41.7 Å². The molecule has 2 rings (SSSR count). The lowest BCUT2D eigenvalue weighted by molar-refractivity contribution is -0.138. The van der Waals surface area contributed by atoms with Gasteiger partial charge < -0.3 is 9.84 Å². The Morgan fingerprint density at radius 3 is 2.57 bits per heavy atom. The van der Waals surface area contributed by atoms with Crippen LogP contribution in [0.5, 0.6) is 11.5 Å². The Morgan fingerprint density at radius 1 is 1.33 bits per heavy atom. The van der Waals surface area contributed by atoms with Gasteiger partial charge in [0.05, 0.1) is 24.6 Å². The number of aliphatic hydroxyl groups is 1. The van der Waals surface area contributed by atoms with E-state index in [0.717, 1.165) is 6.07 Å². The molecule has 0 spiro atoms. The Morgan fingerprint density at radius 2 is 2.05 bits per heavy atom. The minimum atomic E-state index is -4.56. The van der Waals surface area contributed by atoms with E-state index in [9.17, 15) is 13.2 Å². The minimum Gasteiger partial charge on any atom is -0.453 e. The van der Waals surface area contributed by atoms with Crippen LogP contribution in [0.25, 0.3) is 0 Å². The normalized spacial score (nSPS) is 12.0. The lowest BCUT2D eigenvalue weighted by Crippen LogP contribution is -2.08.